The number of rotatable bonds is 0. The smallest absolute Gasteiger partial charge is 0.166 e. The number of nitrogens with two attached hydrogens (primary N) is 1. The molecule has 2 N–H and O–H groups in total. The van der Waals surface area contributed by atoms with Gasteiger partial charge in [0.2, 0.25) is 0 Å². The molecule has 0 aliphatic carbocycles. The van der Waals surface area contributed by atoms with E-state index in [9.17, 15) is 0 Å². The molecule has 0 aromatic carbocycles. The fourth-order valence-electron chi connectivity index (χ4n) is 1.43. The molecule has 1 aliphatic heterocycles. The lowest BCUT2D eigenvalue weighted by Gasteiger charge is -2.33. The number of piperidine rings is 1. The van der Waals surface area contributed by atoms with Gasteiger partial charge in [-0.15, -0.1) is 0 Å². The van der Waals surface area contributed by atoms with Crippen molar-refractivity contribution in [2.45, 2.75) is 32.2 Å². The summed E-state index contributed by atoms with van der Waals surface area (Å²) in [6, 6.07) is 0.561. The van der Waals surface area contributed by atoms with Gasteiger partial charge in [0, 0.05) is 12.6 Å². The maximum atomic E-state index is 5.51. The van der Waals surface area contributed by atoms with E-state index in [0.717, 1.165) is 6.54 Å². The zero-order valence-corrected chi connectivity index (χ0v) is 7.16. The molecule has 1 atom stereocenters. The van der Waals surface area contributed by atoms with Crippen LogP contribution in [0.25, 0.3) is 0 Å². The lowest BCUT2D eigenvalue weighted by molar-refractivity contribution is 0.260. The van der Waals surface area contributed by atoms with Crippen molar-refractivity contribution < 1.29 is 0 Å². The minimum Gasteiger partial charge on any atom is -0.376 e. The molecule has 0 radical (unpaired) electrons. The number of hydrogen-bond donors (Lipinski definition) is 1. The van der Waals surface area contributed by atoms with Gasteiger partial charge in [-0.1, -0.05) is 0 Å². The fourth-order valence-corrected chi connectivity index (χ4v) is 1.70. The van der Waals surface area contributed by atoms with Crippen molar-refractivity contribution in [2.24, 2.45) is 5.73 Å². The first kappa shape index (κ1) is 7.79. The highest BCUT2D eigenvalue weighted by Crippen LogP contribution is 2.15. The highest BCUT2D eigenvalue weighted by Gasteiger charge is 2.17. The summed E-state index contributed by atoms with van der Waals surface area (Å²) >= 11 is 4.90. The predicted octanol–water partition coefficient (Wildman–Crippen LogP) is 1.10. The van der Waals surface area contributed by atoms with Crippen LogP contribution in [0.3, 0.4) is 0 Å². The Kier molecular flexibility index (Phi) is 2.49. The van der Waals surface area contributed by atoms with Crippen molar-refractivity contribution in [1.82, 2.24) is 4.90 Å². The first-order chi connectivity index (χ1) is 4.72. The van der Waals surface area contributed by atoms with Crippen molar-refractivity contribution in [3.63, 3.8) is 0 Å². The molecular weight excluding hydrogens is 144 g/mol. The molecule has 10 heavy (non-hydrogen) atoms. The maximum Gasteiger partial charge on any atom is 0.166 e. The van der Waals surface area contributed by atoms with Crippen LogP contribution in [-0.4, -0.2) is 22.6 Å². The van der Waals surface area contributed by atoms with E-state index in [0.29, 0.717) is 11.2 Å². The molecule has 1 rings (SSSR count). The van der Waals surface area contributed by atoms with Gasteiger partial charge >= 0.3 is 0 Å². The van der Waals surface area contributed by atoms with Gasteiger partial charge in [0.25, 0.3) is 0 Å². The average molecular weight is 158 g/mol. The van der Waals surface area contributed by atoms with Gasteiger partial charge in [-0.25, -0.2) is 0 Å². The summed E-state index contributed by atoms with van der Waals surface area (Å²) in [7, 11) is 0. The van der Waals surface area contributed by atoms with Gasteiger partial charge in [0.1, 0.15) is 0 Å². The van der Waals surface area contributed by atoms with Crippen molar-refractivity contribution in [1.29, 1.82) is 0 Å². The number of thiocarbonyl (C=S) groups is 1. The predicted molar refractivity (Wildman–Crippen MR) is 46.8 cm³/mol. The Hall–Kier alpha value is -0.310. The third kappa shape index (κ3) is 1.59. The van der Waals surface area contributed by atoms with Crippen molar-refractivity contribution >= 4 is 17.3 Å². The molecule has 0 unspecified atom stereocenters. The second-order valence-electron chi connectivity index (χ2n) is 2.88. The van der Waals surface area contributed by atoms with Crippen LogP contribution in [0.1, 0.15) is 26.2 Å². The Morgan fingerprint density at radius 3 is 2.70 bits per heavy atom. The molecular formula is C7H14N2S. The first-order valence-electron chi connectivity index (χ1n) is 3.78. The van der Waals surface area contributed by atoms with Gasteiger partial charge in [-0.3, -0.25) is 0 Å². The zero-order valence-electron chi connectivity index (χ0n) is 6.34. The van der Waals surface area contributed by atoms with Crippen LogP contribution >= 0.6 is 12.2 Å². The Labute approximate surface area is 67.4 Å². The van der Waals surface area contributed by atoms with Crippen LogP contribution in [0, 0.1) is 0 Å². The van der Waals surface area contributed by atoms with E-state index in [-0.39, 0.29) is 0 Å². The van der Waals surface area contributed by atoms with Crippen molar-refractivity contribution in [2.75, 3.05) is 6.54 Å². The van der Waals surface area contributed by atoms with E-state index >= 15 is 0 Å². The molecule has 58 valence electrons. The molecule has 1 aliphatic rings. The molecule has 0 bridgehead atoms. The fraction of sp³-hybridized carbons (Fsp3) is 0.857. The molecule has 1 fully saturated rings. The standard InChI is InChI=1S/C7H14N2S/c1-6-4-2-3-5-9(6)7(8)10/h6H,2-5H2,1H3,(H2,8,10)/t6-/m1/s1. The van der Waals surface area contributed by atoms with Crippen molar-refractivity contribution in [3.05, 3.63) is 0 Å². The Balaban J connectivity index is 2.47. The number of nitrogens with zero attached hydrogens (tertiary/aromatic N) is 1. The third-order valence-electron chi connectivity index (χ3n) is 2.09. The number of hydrogen-bond acceptors (Lipinski definition) is 1. The van der Waals surface area contributed by atoms with Crippen LogP contribution < -0.4 is 5.73 Å². The summed E-state index contributed by atoms with van der Waals surface area (Å²) in [5.74, 6) is 0. The summed E-state index contributed by atoms with van der Waals surface area (Å²) in [4.78, 5) is 2.11. The molecule has 2 nitrogen and oxygen atoms in total. The summed E-state index contributed by atoms with van der Waals surface area (Å²) in [5.41, 5.74) is 5.51. The van der Waals surface area contributed by atoms with Gasteiger partial charge < -0.3 is 10.6 Å². The Morgan fingerprint density at radius 2 is 2.30 bits per heavy atom. The maximum absolute atomic E-state index is 5.51. The van der Waals surface area contributed by atoms with Gasteiger partial charge in [0.05, 0.1) is 0 Å². The first-order valence-corrected chi connectivity index (χ1v) is 4.18. The van der Waals surface area contributed by atoms with Crippen molar-refractivity contribution in [3.8, 4) is 0 Å². The van der Waals surface area contributed by atoms with E-state index in [1.165, 1.54) is 19.3 Å². The highest BCUT2D eigenvalue weighted by atomic mass is 32.1. The monoisotopic (exact) mass is 158 g/mol. The van der Waals surface area contributed by atoms with Gasteiger partial charge in [0.15, 0.2) is 5.11 Å². The van der Waals surface area contributed by atoms with Gasteiger partial charge in [-0.05, 0) is 38.4 Å². The van der Waals surface area contributed by atoms with E-state index in [4.69, 9.17) is 18.0 Å². The summed E-state index contributed by atoms with van der Waals surface area (Å²) in [6.45, 7) is 3.23. The lowest BCUT2D eigenvalue weighted by Crippen LogP contribution is -2.44. The third-order valence-corrected chi connectivity index (χ3v) is 2.32. The normalized spacial score (nSPS) is 26.5. The van der Waals surface area contributed by atoms with Crippen LogP contribution in [0.15, 0.2) is 0 Å². The minimum absolute atomic E-state index is 0.561. The van der Waals surface area contributed by atoms with Crippen LogP contribution in [0.5, 0.6) is 0 Å². The molecule has 0 aromatic rings. The van der Waals surface area contributed by atoms with Crippen LogP contribution in [0.4, 0.5) is 0 Å². The van der Waals surface area contributed by atoms with Crippen LogP contribution in [0.2, 0.25) is 0 Å². The second-order valence-corrected chi connectivity index (χ2v) is 3.29. The Bertz CT molecular complexity index is 136. The largest absolute Gasteiger partial charge is 0.376 e. The average Bonchev–Trinajstić information content (AvgIpc) is 1.88. The zero-order chi connectivity index (χ0) is 7.56. The quantitative estimate of drug-likeness (QED) is 0.535. The molecule has 0 aromatic heterocycles. The molecule has 0 spiro atoms. The van der Waals surface area contributed by atoms with E-state index < -0.39 is 0 Å². The molecule has 1 heterocycles. The summed E-state index contributed by atoms with van der Waals surface area (Å²) in [6.07, 6.45) is 3.79. The van der Waals surface area contributed by atoms with E-state index in [1.807, 2.05) is 0 Å². The number of likely N-dealkylation sites (tertiary alicyclic amines) is 1. The SMILES string of the molecule is C[C@@H]1CCCCN1C(N)=S. The van der Waals surface area contributed by atoms with E-state index in [2.05, 4.69) is 11.8 Å². The molecule has 0 saturated carbocycles. The minimum atomic E-state index is 0.561. The Morgan fingerprint density at radius 1 is 1.60 bits per heavy atom. The van der Waals surface area contributed by atoms with E-state index in [1.54, 1.807) is 0 Å². The van der Waals surface area contributed by atoms with Crippen LogP contribution in [-0.2, 0) is 0 Å². The lowest BCUT2D eigenvalue weighted by atomic mass is 10.0. The topological polar surface area (TPSA) is 29.3 Å². The molecule has 1 saturated heterocycles. The molecule has 3 heteroatoms. The molecule has 0 amide bonds. The van der Waals surface area contributed by atoms with Gasteiger partial charge in [-0.2, -0.15) is 0 Å². The highest BCUT2D eigenvalue weighted by molar-refractivity contribution is 7.80. The summed E-state index contributed by atoms with van der Waals surface area (Å²) < 4.78 is 0. The second kappa shape index (κ2) is 3.19. The summed E-state index contributed by atoms with van der Waals surface area (Å²) in [5, 5.41) is 0.562.